The van der Waals surface area contributed by atoms with Crippen LogP contribution in [0.1, 0.15) is 20.8 Å². The highest BCUT2D eigenvalue weighted by atomic mass is 28.4. The average Bonchev–Trinajstić information content (AvgIpc) is 2.14. The number of rotatable bonds is 3. The lowest BCUT2D eigenvalue weighted by Gasteiger charge is -2.36. The predicted molar refractivity (Wildman–Crippen MR) is 70.3 cm³/mol. The van der Waals surface area contributed by atoms with E-state index in [4.69, 9.17) is 14.8 Å². The molecule has 0 aromatic heterocycles. The SMILES string of the molecule is CC(C)(C)[Si](C)(C)Oc1ccc(N(O)O)c(F)c1. The molecule has 0 aliphatic carbocycles. The Morgan fingerprint density at radius 3 is 2.17 bits per heavy atom. The Kier molecular flexibility index (Phi) is 4.04. The van der Waals surface area contributed by atoms with Crippen molar-refractivity contribution in [2.24, 2.45) is 0 Å². The van der Waals surface area contributed by atoms with Gasteiger partial charge in [-0.3, -0.25) is 10.4 Å². The minimum Gasteiger partial charge on any atom is -0.543 e. The molecule has 0 spiro atoms. The quantitative estimate of drug-likeness (QED) is 0.650. The molecule has 1 rings (SSSR count). The molecule has 0 unspecified atom stereocenters. The van der Waals surface area contributed by atoms with Crippen LogP contribution in [-0.2, 0) is 0 Å². The number of halogens is 1. The molecule has 2 N–H and O–H groups in total. The smallest absolute Gasteiger partial charge is 0.250 e. The van der Waals surface area contributed by atoms with Crippen LogP contribution in [0, 0.1) is 5.82 Å². The molecule has 0 aliphatic heterocycles. The van der Waals surface area contributed by atoms with Crippen molar-refractivity contribution in [2.45, 2.75) is 38.9 Å². The van der Waals surface area contributed by atoms with Gasteiger partial charge in [0.2, 0.25) is 8.32 Å². The fourth-order valence-corrected chi connectivity index (χ4v) is 2.18. The lowest BCUT2D eigenvalue weighted by Crippen LogP contribution is -2.43. The van der Waals surface area contributed by atoms with Gasteiger partial charge in [-0.1, -0.05) is 20.8 Å². The first-order valence-corrected chi connectivity index (χ1v) is 8.62. The summed E-state index contributed by atoms with van der Waals surface area (Å²) >= 11 is 0. The highest BCUT2D eigenvalue weighted by molar-refractivity contribution is 6.74. The van der Waals surface area contributed by atoms with Crippen molar-refractivity contribution in [3.05, 3.63) is 24.0 Å². The number of hydrogen-bond acceptors (Lipinski definition) is 4. The zero-order valence-electron chi connectivity index (χ0n) is 11.4. The maximum atomic E-state index is 13.5. The van der Waals surface area contributed by atoms with Crippen LogP contribution >= 0.6 is 0 Å². The molecule has 0 aliphatic rings. The van der Waals surface area contributed by atoms with Gasteiger partial charge in [-0.25, -0.2) is 4.39 Å². The Balaban J connectivity index is 2.97. The molecule has 18 heavy (non-hydrogen) atoms. The van der Waals surface area contributed by atoms with E-state index >= 15 is 0 Å². The molecule has 1 aromatic carbocycles. The van der Waals surface area contributed by atoms with E-state index in [2.05, 4.69) is 33.9 Å². The van der Waals surface area contributed by atoms with Gasteiger partial charge in [0.05, 0.1) is 0 Å². The Morgan fingerprint density at radius 1 is 1.22 bits per heavy atom. The molecular weight excluding hydrogens is 253 g/mol. The molecule has 0 amide bonds. The zero-order chi connectivity index (χ0) is 14.1. The fraction of sp³-hybridized carbons (Fsp3) is 0.500. The average molecular weight is 273 g/mol. The third-order valence-corrected chi connectivity index (χ3v) is 7.67. The first-order valence-electron chi connectivity index (χ1n) is 5.71. The third kappa shape index (κ3) is 3.21. The van der Waals surface area contributed by atoms with Crippen molar-refractivity contribution in [1.29, 1.82) is 0 Å². The summed E-state index contributed by atoms with van der Waals surface area (Å²) in [5.41, 5.74) is -0.308. The Bertz CT molecular complexity index is 430. The van der Waals surface area contributed by atoms with Gasteiger partial charge in [-0.2, -0.15) is 0 Å². The standard InChI is InChI=1S/C12H20FNO3Si/c1-12(2,3)18(4,5)17-9-6-7-11(14(15)16)10(13)8-9/h6-8,15-16H,1-5H3. The van der Waals surface area contributed by atoms with Crippen LogP contribution in [0.4, 0.5) is 10.1 Å². The first-order chi connectivity index (χ1) is 8.04. The molecule has 0 atom stereocenters. The van der Waals surface area contributed by atoms with Gasteiger partial charge in [0, 0.05) is 6.07 Å². The second-order valence-corrected chi connectivity index (χ2v) is 10.5. The molecule has 0 heterocycles. The van der Waals surface area contributed by atoms with Gasteiger partial charge in [0.15, 0.2) is 5.82 Å². The van der Waals surface area contributed by atoms with Gasteiger partial charge in [-0.05, 0) is 30.3 Å². The highest BCUT2D eigenvalue weighted by Crippen LogP contribution is 2.37. The van der Waals surface area contributed by atoms with E-state index in [9.17, 15) is 4.39 Å². The monoisotopic (exact) mass is 273 g/mol. The van der Waals surface area contributed by atoms with Crippen LogP contribution in [0.25, 0.3) is 0 Å². The van der Waals surface area contributed by atoms with Crippen LogP contribution in [0.5, 0.6) is 5.75 Å². The lowest BCUT2D eigenvalue weighted by atomic mass is 10.2. The first kappa shape index (κ1) is 14.9. The minimum atomic E-state index is -2.02. The highest BCUT2D eigenvalue weighted by Gasteiger charge is 2.39. The molecule has 1 aromatic rings. The Labute approximate surface area is 108 Å². The van der Waals surface area contributed by atoms with Crippen molar-refractivity contribution >= 4 is 14.0 Å². The molecule has 0 saturated carbocycles. The summed E-state index contributed by atoms with van der Waals surface area (Å²) in [5.74, 6) is -0.332. The van der Waals surface area contributed by atoms with Crippen LogP contribution in [0.15, 0.2) is 18.2 Å². The predicted octanol–water partition coefficient (Wildman–Crippen LogP) is 3.79. The molecular formula is C12H20FNO3Si. The summed E-state index contributed by atoms with van der Waals surface area (Å²) in [5, 5.41) is 17.3. The largest absolute Gasteiger partial charge is 0.543 e. The van der Waals surface area contributed by atoms with Gasteiger partial charge in [-0.15, -0.1) is 5.23 Å². The van der Waals surface area contributed by atoms with E-state index < -0.39 is 14.1 Å². The topological polar surface area (TPSA) is 52.9 Å². The summed E-state index contributed by atoms with van der Waals surface area (Å²) in [6.07, 6.45) is 0. The molecule has 0 fully saturated rings. The van der Waals surface area contributed by atoms with E-state index in [0.29, 0.717) is 5.75 Å². The zero-order valence-corrected chi connectivity index (χ0v) is 12.4. The maximum absolute atomic E-state index is 13.5. The number of hydrogen-bond donors (Lipinski definition) is 2. The Hall–Kier alpha value is -1.11. The lowest BCUT2D eigenvalue weighted by molar-refractivity contribution is 0.0272. The molecule has 4 nitrogen and oxygen atoms in total. The van der Waals surface area contributed by atoms with E-state index in [0.717, 1.165) is 6.07 Å². The van der Waals surface area contributed by atoms with Crippen LogP contribution in [0.3, 0.4) is 0 Å². The van der Waals surface area contributed by atoms with Crippen molar-refractivity contribution in [1.82, 2.24) is 0 Å². The Morgan fingerprint density at radius 2 is 1.78 bits per heavy atom. The van der Waals surface area contributed by atoms with Gasteiger partial charge in [0.25, 0.3) is 0 Å². The molecule has 6 heteroatoms. The van der Waals surface area contributed by atoms with E-state index in [1.54, 1.807) is 0 Å². The van der Waals surface area contributed by atoms with E-state index in [1.165, 1.54) is 12.1 Å². The van der Waals surface area contributed by atoms with Gasteiger partial charge >= 0.3 is 0 Å². The summed E-state index contributed by atoms with van der Waals surface area (Å²) in [4.78, 5) is 0. The second-order valence-electron chi connectivity index (χ2n) is 5.77. The molecule has 0 radical (unpaired) electrons. The number of nitrogens with zero attached hydrogens (tertiary/aromatic N) is 1. The maximum Gasteiger partial charge on any atom is 0.250 e. The van der Waals surface area contributed by atoms with Crippen molar-refractivity contribution in [2.75, 3.05) is 5.23 Å². The summed E-state index contributed by atoms with van der Waals surface area (Å²) in [6, 6.07) is 3.95. The number of benzene rings is 1. The third-order valence-electron chi connectivity index (χ3n) is 3.31. The molecule has 0 saturated heterocycles. The second kappa shape index (κ2) is 4.87. The van der Waals surface area contributed by atoms with Crippen molar-refractivity contribution in [3.8, 4) is 5.75 Å². The molecule has 0 bridgehead atoms. The van der Waals surface area contributed by atoms with Gasteiger partial charge < -0.3 is 4.43 Å². The van der Waals surface area contributed by atoms with E-state index in [1.807, 2.05) is 0 Å². The van der Waals surface area contributed by atoms with Crippen molar-refractivity contribution < 1.29 is 19.2 Å². The molecule has 102 valence electrons. The summed E-state index contributed by atoms with van der Waals surface area (Å²) in [6.45, 7) is 10.4. The minimum absolute atomic E-state index is 0.0160. The summed E-state index contributed by atoms with van der Waals surface area (Å²) in [7, 11) is -2.02. The normalized spacial score (nSPS) is 12.4. The fourth-order valence-electron chi connectivity index (χ4n) is 1.16. The van der Waals surface area contributed by atoms with Crippen molar-refractivity contribution in [3.63, 3.8) is 0 Å². The van der Waals surface area contributed by atoms with Crippen LogP contribution < -0.4 is 9.65 Å². The summed E-state index contributed by atoms with van der Waals surface area (Å²) < 4.78 is 19.4. The van der Waals surface area contributed by atoms with Crippen LogP contribution in [0.2, 0.25) is 18.1 Å². The van der Waals surface area contributed by atoms with E-state index in [-0.39, 0.29) is 16.0 Å². The van der Waals surface area contributed by atoms with Gasteiger partial charge in [0.1, 0.15) is 11.4 Å². The van der Waals surface area contributed by atoms with Crippen LogP contribution in [-0.4, -0.2) is 18.7 Å². The number of anilines is 1.